The number of amides is 2. The number of nitrogens with zero attached hydrogens (tertiary/aromatic N) is 2. The quantitative estimate of drug-likeness (QED) is 0.490. The summed E-state index contributed by atoms with van der Waals surface area (Å²) in [6.07, 6.45) is -4.94. The zero-order chi connectivity index (χ0) is 12.5. The van der Waals surface area contributed by atoms with Gasteiger partial charge in [-0.3, -0.25) is 9.80 Å². The number of hydrogen-bond donors (Lipinski definition) is 4. The standard InChI is InChI=1S/C9H18N2O5/c1-3-5(12)10-7(14)8(15)11(9(10)16)6(13)4-2/h5-8,12-15H,3-4H2,1-2H3. The van der Waals surface area contributed by atoms with Gasteiger partial charge in [0.2, 0.25) is 0 Å². The van der Waals surface area contributed by atoms with Crippen molar-refractivity contribution in [3.63, 3.8) is 0 Å². The normalized spacial score (nSPS) is 29.8. The van der Waals surface area contributed by atoms with E-state index in [1.165, 1.54) is 0 Å². The van der Waals surface area contributed by atoms with Crippen LogP contribution in [0.25, 0.3) is 0 Å². The zero-order valence-electron chi connectivity index (χ0n) is 9.32. The van der Waals surface area contributed by atoms with Crippen molar-refractivity contribution in [1.82, 2.24) is 9.80 Å². The van der Waals surface area contributed by atoms with Crippen molar-refractivity contribution in [3.8, 4) is 0 Å². The molecule has 16 heavy (non-hydrogen) atoms. The lowest BCUT2D eigenvalue weighted by atomic mass is 10.3. The molecule has 7 nitrogen and oxygen atoms in total. The van der Waals surface area contributed by atoms with Gasteiger partial charge in [0.05, 0.1) is 0 Å². The highest BCUT2D eigenvalue weighted by atomic mass is 16.4. The molecular weight excluding hydrogens is 216 g/mol. The summed E-state index contributed by atoms with van der Waals surface area (Å²) in [4.78, 5) is 13.2. The van der Waals surface area contributed by atoms with E-state index in [9.17, 15) is 25.2 Å². The van der Waals surface area contributed by atoms with Crippen LogP contribution in [0.15, 0.2) is 0 Å². The van der Waals surface area contributed by atoms with Crippen LogP contribution in [0.2, 0.25) is 0 Å². The van der Waals surface area contributed by atoms with Gasteiger partial charge in [-0.25, -0.2) is 4.79 Å². The Morgan fingerprint density at radius 1 is 1.06 bits per heavy atom. The summed E-state index contributed by atoms with van der Waals surface area (Å²) in [5.41, 5.74) is 0. The third-order valence-corrected chi connectivity index (χ3v) is 2.65. The monoisotopic (exact) mass is 234 g/mol. The Kier molecular flexibility index (Phi) is 4.09. The van der Waals surface area contributed by atoms with E-state index >= 15 is 0 Å². The average Bonchev–Trinajstić information content (AvgIpc) is 2.49. The lowest BCUT2D eigenvalue weighted by Crippen LogP contribution is -2.44. The van der Waals surface area contributed by atoms with E-state index in [1.54, 1.807) is 13.8 Å². The fraction of sp³-hybridized carbons (Fsp3) is 0.889. The highest BCUT2D eigenvalue weighted by Gasteiger charge is 2.48. The molecule has 1 aliphatic heterocycles. The number of hydrogen-bond acceptors (Lipinski definition) is 5. The molecule has 1 aliphatic rings. The predicted molar refractivity (Wildman–Crippen MR) is 53.7 cm³/mol. The summed E-state index contributed by atoms with van der Waals surface area (Å²) in [6, 6.07) is -0.774. The molecule has 4 N–H and O–H groups in total. The van der Waals surface area contributed by atoms with Gasteiger partial charge >= 0.3 is 6.03 Å². The fourth-order valence-corrected chi connectivity index (χ4v) is 1.65. The maximum Gasteiger partial charge on any atom is 0.328 e. The van der Waals surface area contributed by atoms with Crippen molar-refractivity contribution >= 4 is 6.03 Å². The van der Waals surface area contributed by atoms with Gasteiger partial charge in [-0.2, -0.15) is 0 Å². The molecule has 7 heteroatoms. The first kappa shape index (κ1) is 13.2. The van der Waals surface area contributed by atoms with Crippen LogP contribution < -0.4 is 0 Å². The molecule has 0 radical (unpaired) electrons. The van der Waals surface area contributed by atoms with E-state index in [0.717, 1.165) is 9.80 Å². The second-order valence-corrected chi connectivity index (χ2v) is 3.70. The molecule has 4 unspecified atom stereocenters. The van der Waals surface area contributed by atoms with Crippen LogP contribution in [0.3, 0.4) is 0 Å². The van der Waals surface area contributed by atoms with E-state index in [1.807, 2.05) is 0 Å². The zero-order valence-corrected chi connectivity index (χ0v) is 9.32. The molecule has 0 aromatic rings. The number of carbonyl (C=O) groups excluding carboxylic acids is 1. The summed E-state index contributed by atoms with van der Waals surface area (Å²) in [5, 5.41) is 38.2. The smallest absolute Gasteiger partial charge is 0.328 e. The Labute approximate surface area is 93.5 Å². The second-order valence-electron chi connectivity index (χ2n) is 3.70. The molecule has 2 amide bonds. The number of carbonyl (C=O) groups is 1. The highest BCUT2D eigenvalue weighted by molar-refractivity contribution is 5.77. The average molecular weight is 234 g/mol. The molecule has 1 rings (SSSR count). The van der Waals surface area contributed by atoms with Gasteiger partial charge in [0.1, 0.15) is 12.5 Å². The van der Waals surface area contributed by atoms with Gasteiger partial charge in [-0.15, -0.1) is 0 Å². The molecule has 1 fully saturated rings. The van der Waals surface area contributed by atoms with Crippen LogP contribution >= 0.6 is 0 Å². The largest absolute Gasteiger partial charge is 0.373 e. The minimum absolute atomic E-state index is 0.228. The number of rotatable bonds is 4. The van der Waals surface area contributed by atoms with Crippen LogP contribution in [0.4, 0.5) is 4.79 Å². The van der Waals surface area contributed by atoms with E-state index in [2.05, 4.69) is 0 Å². The van der Waals surface area contributed by atoms with E-state index < -0.39 is 30.9 Å². The molecule has 0 aromatic heterocycles. The first-order chi connectivity index (χ1) is 7.45. The fourth-order valence-electron chi connectivity index (χ4n) is 1.65. The van der Waals surface area contributed by atoms with Crippen molar-refractivity contribution in [3.05, 3.63) is 0 Å². The molecule has 0 spiro atoms. The Balaban J connectivity index is 2.89. The molecule has 4 atom stereocenters. The summed E-state index contributed by atoms with van der Waals surface area (Å²) in [5.74, 6) is 0. The van der Waals surface area contributed by atoms with Crippen molar-refractivity contribution < 1.29 is 25.2 Å². The number of urea groups is 1. The van der Waals surface area contributed by atoms with Crippen LogP contribution in [0, 0.1) is 0 Å². The van der Waals surface area contributed by atoms with Gasteiger partial charge < -0.3 is 20.4 Å². The van der Waals surface area contributed by atoms with Crippen LogP contribution in [-0.2, 0) is 0 Å². The van der Waals surface area contributed by atoms with Gasteiger partial charge in [0, 0.05) is 0 Å². The van der Waals surface area contributed by atoms with Crippen molar-refractivity contribution in [2.24, 2.45) is 0 Å². The van der Waals surface area contributed by atoms with Crippen molar-refractivity contribution in [1.29, 1.82) is 0 Å². The first-order valence-corrected chi connectivity index (χ1v) is 5.28. The summed E-state index contributed by atoms with van der Waals surface area (Å²) >= 11 is 0. The lowest BCUT2D eigenvalue weighted by Gasteiger charge is -2.25. The Morgan fingerprint density at radius 3 is 1.62 bits per heavy atom. The molecule has 0 saturated carbocycles. The third kappa shape index (κ3) is 1.99. The summed E-state index contributed by atoms with van der Waals surface area (Å²) in [6.45, 7) is 3.27. The summed E-state index contributed by atoms with van der Waals surface area (Å²) < 4.78 is 0. The van der Waals surface area contributed by atoms with Gasteiger partial charge in [0.25, 0.3) is 0 Å². The molecule has 94 valence electrons. The van der Waals surface area contributed by atoms with E-state index in [0.29, 0.717) is 0 Å². The lowest BCUT2D eigenvalue weighted by molar-refractivity contribution is -0.128. The van der Waals surface area contributed by atoms with E-state index in [4.69, 9.17) is 0 Å². The van der Waals surface area contributed by atoms with E-state index in [-0.39, 0.29) is 12.8 Å². The van der Waals surface area contributed by atoms with Gasteiger partial charge in [-0.05, 0) is 12.8 Å². The SMILES string of the molecule is CCC(O)N1C(=O)N(C(O)CC)C(O)C1O. The number of aliphatic hydroxyl groups is 4. The van der Waals surface area contributed by atoms with Crippen LogP contribution in [0.5, 0.6) is 0 Å². The summed E-state index contributed by atoms with van der Waals surface area (Å²) in [7, 11) is 0. The second kappa shape index (κ2) is 4.96. The van der Waals surface area contributed by atoms with Crippen molar-refractivity contribution in [2.45, 2.75) is 51.6 Å². The Hall–Kier alpha value is -0.890. The topological polar surface area (TPSA) is 104 Å². The predicted octanol–water partition coefficient (Wildman–Crippen LogP) is -1.18. The van der Waals surface area contributed by atoms with Gasteiger partial charge in [0.15, 0.2) is 12.5 Å². The number of aliphatic hydroxyl groups excluding tert-OH is 4. The molecule has 1 heterocycles. The minimum atomic E-state index is -1.52. The van der Waals surface area contributed by atoms with Crippen LogP contribution in [0.1, 0.15) is 26.7 Å². The highest BCUT2D eigenvalue weighted by Crippen LogP contribution is 2.25. The molecular formula is C9H18N2O5. The van der Waals surface area contributed by atoms with Crippen LogP contribution in [-0.4, -0.2) is 61.2 Å². The maximum atomic E-state index is 11.7. The Bertz CT molecular complexity index is 238. The third-order valence-electron chi connectivity index (χ3n) is 2.65. The molecule has 0 aliphatic carbocycles. The molecule has 0 bridgehead atoms. The Morgan fingerprint density at radius 2 is 1.38 bits per heavy atom. The first-order valence-electron chi connectivity index (χ1n) is 5.28. The minimum Gasteiger partial charge on any atom is -0.373 e. The van der Waals surface area contributed by atoms with Crippen molar-refractivity contribution in [2.75, 3.05) is 0 Å². The molecule has 0 aromatic carbocycles. The maximum absolute atomic E-state index is 11.7. The van der Waals surface area contributed by atoms with Gasteiger partial charge in [-0.1, -0.05) is 13.8 Å². The molecule has 1 saturated heterocycles.